The smallest absolute Gasteiger partial charge is 0.231 e. The topological polar surface area (TPSA) is 46.9 Å². The number of hydrogen-bond donors (Lipinski definition) is 1. The number of rotatable bonds is 4. The average Bonchev–Trinajstić information content (AvgIpc) is 3.02. The highest BCUT2D eigenvalue weighted by Gasteiger charge is 2.54. The van der Waals surface area contributed by atoms with Crippen molar-refractivity contribution < 1.29 is 4.79 Å². The summed E-state index contributed by atoms with van der Waals surface area (Å²) in [6.45, 7) is 2.78. The molecule has 0 radical (unpaired) electrons. The first kappa shape index (κ1) is 16.1. The molecule has 4 fully saturated rings. The maximum absolute atomic E-state index is 13.3. The number of benzene rings is 1. The fourth-order valence-corrected chi connectivity index (χ4v) is 6.07. The highest BCUT2D eigenvalue weighted by atomic mass is 16.2. The van der Waals surface area contributed by atoms with Crippen LogP contribution >= 0.6 is 0 Å². The largest absolute Gasteiger partial charge is 0.310 e. The number of nitrogens with zero attached hydrogens (tertiary/aromatic N) is 2. The molecule has 1 heterocycles. The van der Waals surface area contributed by atoms with Crippen molar-refractivity contribution in [2.45, 2.75) is 52.0 Å². The molecule has 1 aromatic heterocycles. The van der Waals surface area contributed by atoms with Crippen molar-refractivity contribution in [3.8, 4) is 0 Å². The molecule has 4 saturated carbocycles. The molecule has 26 heavy (non-hydrogen) atoms. The lowest BCUT2D eigenvalue weighted by molar-refractivity contribution is -0.140. The molecule has 0 unspecified atom stereocenters. The molecular formula is C22H27N3O. The first-order valence-electron chi connectivity index (χ1n) is 9.98. The molecule has 1 N–H and O–H groups in total. The van der Waals surface area contributed by atoms with Gasteiger partial charge >= 0.3 is 0 Å². The van der Waals surface area contributed by atoms with Gasteiger partial charge in [0.2, 0.25) is 5.91 Å². The Hall–Kier alpha value is -2.10. The van der Waals surface area contributed by atoms with Crippen LogP contribution in [0.4, 0.5) is 5.82 Å². The zero-order chi connectivity index (χ0) is 17.7. The summed E-state index contributed by atoms with van der Waals surface area (Å²) in [6, 6.07) is 10.4. The third kappa shape index (κ3) is 2.76. The number of anilines is 1. The van der Waals surface area contributed by atoms with Crippen LogP contribution in [0.3, 0.4) is 0 Å². The molecule has 4 nitrogen and oxygen atoms in total. The molecule has 4 aliphatic carbocycles. The van der Waals surface area contributed by atoms with Crippen LogP contribution in [0.5, 0.6) is 0 Å². The molecule has 0 spiro atoms. The van der Waals surface area contributed by atoms with Gasteiger partial charge in [0.25, 0.3) is 0 Å². The SMILES string of the molecule is Cc1ccc(Cn2nccc2NC(=O)C23CC4CC(CC(C4)C2)C3)cc1. The van der Waals surface area contributed by atoms with Crippen molar-refractivity contribution in [2.24, 2.45) is 23.2 Å². The van der Waals surface area contributed by atoms with Crippen LogP contribution in [0.15, 0.2) is 36.5 Å². The minimum atomic E-state index is -0.117. The minimum Gasteiger partial charge on any atom is -0.310 e. The summed E-state index contributed by atoms with van der Waals surface area (Å²) in [5, 5.41) is 7.68. The Morgan fingerprint density at radius 2 is 1.69 bits per heavy atom. The van der Waals surface area contributed by atoms with Gasteiger partial charge in [0, 0.05) is 6.07 Å². The van der Waals surface area contributed by atoms with Gasteiger partial charge in [-0.15, -0.1) is 0 Å². The molecule has 6 rings (SSSR count). The number of amides is 1. The van der Waals surface area contributed by atoms with Gasteiger partial charge in [0.1, 0.15) is 5.82 Å². The van der Waals surface area contributed by atoms with Crippen molar-refractivity contribution >= 4 is 11.7 Å². The molecule has 1 aromatic carbocycles. The molecule has 4 heteroatoms. The first-order valence-corrected chi connectivity index (χ1v) is 9.98. The van der Waals surface area contributed by atoms with Gasteiger partial charge in [-0.25, -0.2) is 4.68 Å². The summed E-state index contributed by atoms with van der Waals surface area (Å²) in [4.78, 5) is 13.3. The number of carbonyl (C=O) groups is 1. The highest BCUT2D eigenvalue weighted by Crippen LogP contribution is 2.60. The lowest BCUT2D eigenvalue weighted by Gasteiger charge is -2.55. The number of nitrogens with one attached hydrogen (secondary N) is 1. The third-order valence-corrected chi connectivity index (χ3v) is 6.93. The molecule has 136 valence electrons. The van der Waals surface area contributed by atoms with E-state index < -0.39 is 0 Å². The van der Waals surface area contributed by atoms with Gasteiger partial charge in [-0.05, 0) is 68.8 Å². The van der Waals surface area contributed by atoms with E-state index in [0.717, 1.165) is 42.8 Å². The predicted octanol–water partition coefficient (Wildman–Crippen LogP) is 4.39. The second-order valence-corrected chi connectivity index (χ2v) is 9.01. The quantitative estimate of drug-likeness (QED) is 0.889. The van der Waals surface area contributed by atoms with E-state index in [2.05, 4.69) is 41.6 Å². The van der Waals surface area contributed by atoms with Crippen molar-refractivity contribution in [1.29, 1.82) is 0 Å². The summed E-state index contributed by atoms with van der Waals surface area (Å²) in [5.74, 6) is 3.41. The highest BCUT2D eigenvalue weighted by molar-refractivity contribution is 5.95. The summed E-state index contributed by atoms with van der Waals surface area (Å²) in [5.41, 5.74) is 2.34. The Labute approximate surface area is 155 Å². The van der Waals surface area contributed by atoms with Gasteiger partial charge in [0.05, 0.1) is 18.2 Å². The molecule has 0 saturated heterocycles. The van der Waals surface area contributed by atoms with E-state index in [1.54, 1.807) is 6.20 Å². The average molecular weight is 349 g/mol. The van der Waals surface area contributed by atoms with Crippen molar-refractivity contribution in [3.63, 3.8) is 0 Å². The van der Waals surface area contributed by atoms with E-state index in [-0.39, 0.29) is 11.3 Å². The Kier molecular flexibility index (Phi) is 3.70. The molecular weight excluding hydrogens is 322 g/mol. The first-order chi connectivity index (χ1) is 12.6. The Morgan fingerprint density at radius 1 is 1.08 bits per heavy atom. The van der Waals surface area contributed by atoms with Crippen molar-refractivity contribution in [3.05, 3.63) is 47.7 Å². The fraction of sp³-hybridized carbons (Fsp3) is 0.545. The molecule has 1 amide bonds. The second-order valence-electron chi connectivity index (χ2n) is 9.01. The summed E-state index contributed by atoms with van der Waals surface area (Å²) in [6.07, 6.45) is 9.14. The van der Waals surface area contributed by atoms with E-state index in [1.165, 1.54) is 30.4 Å². The standard InChI is InChI=1S/C22H27N3O/c1-15-2-4-16(5-3-15)14-25-20(6-7-23-25)24-21(26)22-11-17-8-18(12-22)10-19(9-17)13-22/h2-7,17-19H,8-14H2,1H3,(H,24,26). The number of carbonyl (C=O) groups excluding carboxylic acids is 1. The van der Waals surface area contributed by atoms with Crippen LogP contribution in [-0.4, -0.2) is 15.7 Å². The van der Waals surface area contributed by atoms with E-state index in [1.807, 2.05) is 10.7 Å². The van der Waals surface area contributed by atoms with E-state index in [9.17, 15) is 4.79 Å². The summed E-state index contributed by atoms with van der Waals surface area (Å²) < 4.78 is 1.91. The van der Waals surface area contributed by atoms with Crippen LogP contribution in [0.25, 0.3) is 0 Å². The Balaban J connectivity index is 1.33. The normalized spacial score (nSPS) is 32.0. The molecule has 0 atom stereocenters. The number of aromatic nitrogens is 2. The molecule has 4 bridgehead atoms. The van der Waals surface area contributed by atoms with Gasteiger partial charge in [-0.1, -0.05) is 29.8 Å². The van der Waals surface area contributed by atoms with Crippen LogP contribution < -0.4 is 5.32 Å². The lowest BCUT2D eigenvalue weighted by Crippen LogP contribution is -2.51. The van der Waals surface area contributed by atoms with Gasteiger partial charge in [0.15, 0.2) is 0 Å². The molecule has 0 aliphatic heterocycles. The second kappa shape index (κ2) is 5.97. The fourth-order valence-electron chi connectivity index (χ4n) is 6.07. The van der Waals surface area contributed by atoms with Crippen molar-refractivity contribution in [2.75, 3.05) is 5.32 Å². The summed E-state index contributed by atoms with van der Waals surface area (Å²) in [7, 11) is 0. The van der Waals surface area contributed by atoms with Crippen molar-refractivity contribution in [1.82, 2.24) is 9.78 Å². The van der Waals surface area contributed by atoms with Crippen LogP contribution in [0.2, 0.25) is 0 Å². The van der Waals surface area contributed by atoms with Gasteiger partial charge in [-0.3, -0.25) is 4.79 Å². The van der Waals surface area contributed by atoms with Gasteiger partial charge < -0.3 is 5.32 Å². The van der Waals surface area contributed by atoms with E-state index >= 15 is 0 Å². The zero-order valence-electron chi connectivity index (χ0n) is 15.4. The molecule has 4 aliphatic rings. The maximum Gasteiger partial charge on any atom is 0.231 e. The lowest BCUT2D eigenvalue weighted by atomic mass is 9.49. The molecule has 2 aromatic rings. The van der Waals surface area contributed by atoms with E-state index in [0.29, 0.717) is 6.54 Å². The van der Waals surface area contributed by atoms with Crippen LogP contribution in [0, 0.1) is 30.1 Å². The monoisotopic (exact) mass is 349 g/mol. The summed E-state index contributed by atoms with van der Waals surface area (Å²) >= 11 is 0. The zero-order valence-corrected chi connectivity index (χ0v) is 15.4. The number of hydrogen-bond acceptors (Lipinski definition) is 2. The maximum atomic E-state index is 13.3. The van der Waals surface area contributed by atoms with Gasteiger partial charge in [-0.2, -0.15) is 5.10 Å². The van der Waals surface area contributed by atoms with Crippen LogP contribution in [-0.2, 0) is 11.3 Å². The van der Waals surface area contributed by atoms with Crippen LogP contribution in [0.1, 0.15) is 49.7 Å². The van der Waals surface area contributed by atoms with E-state index in [4.69, 9.17) is 0 Å². The third-order valence-electron chi connectivity index (χ3n) is 6.93. The predicted molar refractivity (Wildman–Crippen MR) is 102 cm³/mol. The Bertz CT molecular complexity index is 785. The minimum absolute atomic E-state index is 0.117. The number of aryl methyl sites for hydroxylation is 1. The Morgan fingerprint density at radius 3 is 2.31 bits per heavy atom.